The molecule has 0 aliphatic carbocycles. The van der Waals surface area contributed by atoms with Gasteiger partial charge in [-0.05, 0) is 13.0 Å². The van der Waals surface area contributed by atoms with Gasteiger partial charge in [-0.15, -0.1) is 11.6 Å². The number of carbonyl (C=O) groups is 1. The van der Waals surface area contributed by atoms with Crippen molar-refractivity contribution in [3.8, 4) is 0 Å². The number of rotatable bonds is 3. The lowest BCUT2D eigenvalue weighted by Crippen LogP contribution is -2.10. The zero-order chi connectivity index (χ0) is 11.6. The molecule has 1 aromatic rings. The molecule has 0 aromatic heterocycles. The highest BCUT2D eigenvalue weighted by Gasteiger charge is 2.24. The van der Waals surface area contributed by atoms with Crippen molar-refractivity contribution in [1.29, 1.82) is 0 Å². The van der Waals surface area contributed by atoms with E-state index in [4.69, 9.17) is 17.3 Å². The topological polar surface area (TPSA) is 86.2 Å². The largest absolute Gasteiger partial charge is 0.398 e. The Hall–Kier alpha value is -1.62. The molecular formula is C9H9ClN2O3. The van der Waals surface area contributed by atoms with Crippen molar-refractivity contribution in [1.82, 2.24) is 0 Å². The maximum atomic E-state index is 11.4. The fourth-order valence-electron chi connectivity index (χ4n) is 1.31. The number of alkyl halides is 1. The van der Waals surface area contributed by atoms with Gasteiger partial charge in [0.1, 0.15) is 5.56 Å². The van der Waals surface area contributed by atoms with Gasteiger partial charge >= 0.3 is 0 Å². The molecule has 0 aliphatic rings. The Morgan fingerprint density at radius 2 is 2.20 bits per heavy atom. The third-order valence-electron chi connectivity index (χ3n) is 1.99. The number of nitro groups is 1. The molecule has 0 heterocycles. The summed E-state index contributed by atoms with van der Waals surface area (Å²) >= 11 is 5.36. The van der Waals surface area contributed by atoms with E-state index in [1.807, 2.05) is 0 Å². The van der Waals surface area contributed by atoms with Gasteiger partial charge in [0.2, 0.25) is 0 Å². The second-order valence-corrected chi connectivity index (χ2v) is 3.28. The van der Waals surface area contributed by atoms with Gasteiger partial charge in [0.15, 0.2) is 5.78 Å². The lowest BCUT2D eigenvalue weighted by molar-refractivity contribution is -0.385. The van der Waals surface area contributed by atoms with E-state index in [2.05, 4.69) is 0 Å². The van der Waals surface area contributed by atoms with Gasteiger partial charge in [-0.25, -0.2) is 0 Å². The van der Waals surface area contributed by atoms with Gasteiger partial charge < -0.3 is 5.73 Å². The molecule has 0 unspecified atom stereocenters. The third-order valence-corrected chi connectivity index (χ3v) is 2.24. The summed E-state index contributed by atoms with van der Waals surface area (Å²) < 4.78 is 0. The lowest BCUT2D eigenvalue weighted by atomic mass is 10.0. The van der Waals surface area contributed by atoms with Gasteiger partial charge in [-0.3, -0.25) is 14.9 Å². The van der Waals surface area contributed by atoms with E-state index >= 15 is 0 Å². The number of anilines is 1. The van der Waals surface area contributed by atoms with Crippen LogP contribution in [-0.4, -0.2) is 16.6 Å². The molecule has 6 heteroatoms. The highest BCUT2D eigenvalue weighted by molar-refractivity contribution is 6.31. The SMILES string of the molecule is Cc1ccc(N)c(C(=O)CCl)c1[N+](=O)[O-]. The minimum atomic E-state index is -0.620. The van der Waals surface area contributed by atoms with Crippen molar-refractivity contribution in [2.24, 2.45) is 0 Å². The number of benzene rings is 1. The molecule has 1 rings (SSSR count). The number of hydrogen-bond donors (Lipinski definition) is 1. The van der Waals surface area contributed by atoms with Crippen LogP contribution >= 0.6 is 11.6 Å². The normalized spacial score (nSPS) is 10.0. The van der Waals surface area contributed by atoms with Gasteiger partial charge in [0, 0.05) is 11.3 Å². The van der Waals surface area contributed by atoms with Crippen molar-refractivity contribution < 1.29 is 9.72 Å². The van der Waals surface area contributed by atoms with Crippen LogP contribution in [0.4, 0.5) is 11.4 Å². The molecule has 15 heavy (non-hydrogen) atoms. The predicted octanol–water partition coefficient (Wildman–Crippen LogP) is 1.91. The van der Waals surface area contributed by atoms with Crippen LogP contribution in [0.3, 0.4) is 0 Å². The molecule has 0 saturated carbocycles. The van der Waals surface area contributed by atoms with Crippen molar-refractivity contribution in [3.63, 3.8) is 0 Å². The quantitative estimate of drug-likeness (QED) is 0.281. The summed E-state index contributed by atoms with van der Waals surface area (Å²) in [7, 11) is 0. The molecule has 0 saturated heterocycles. The highest BCUT2D eigenvalue weighted by Crippen LogP contribution is 2.28. The van der Waals surface area contributed by atoms with E-state index in [9.17, 15) is 14.9 Å². The first-order chi connectivity index (χ1) is 6.99. The fraction of sp³-hybridized carbons (Fsp3) is 0.222. The Bertz CT molecular complexity index is 432. The standard InChI is InChI=1S/C9H9ClN2O3/c1-5-2-3-6(11)8(7(13)4-10)9(5)12(14)15/h2-3H,4,11H2,1H3. The van der Waals surface area contributed by atoms with Crippen LogP contribution in [0.1, 0.15) is 15.9 Å². The van der Waals surface area contributed by atoms with Gasteiger partial charge in [-0.1, -0.05) is 6.07 Å². The maximum Gasteiger partial charge on any atom is 0.285 e. The Balaban J connectivity index is 3.52. The van der Waals surface area contributed by atoms with Crippen molar-refractivity contribution in [2.75, 3.05) is 11.6 Å². The zero-order valence-corrected chi connectivity index (χ0v) is 8.75. The van der Waals surface area contributed by atoms with E-state index in [0.29, 0.717) is 5.56 Å². The zero-order valence-electron chi connectivity index (χ0n) is 7.99. The number of nitrogen functional groups attached to an aromatic ring is 1. The van der Waals surface area contributed by atoms with Gasteiger partial charge in [0.05, 0.1) is 10.8 Å². The molecule has 80 valence electrons. The smallest absolute Gasteiger partial charge is 0.285 e. The van der Waals surface area contributed by atoms with Crippen LogP contribution in [0.5, 0.6) is 0 Å². The first-order valence-electron chi connectivity index (χ1n) is 4.11. The molecule has 2 N–H and O–H groups in total. The van der Waals surface area contributed by atoms with Crippen LogP contribution in [0.15, 0.2) is 12.1 Å². The third kappa shape index (κ3) is 2.07. The molecule has 1 aromatic carbocycles. The highest BCUT2D eigenvalue weighted by atomic mass is 35.5. The monoisotopic (exact) mass is 228 g/mol. The number of aryl methyl sites for hydroxylation is 1. The van der Waals surface area contributed by atoms with E-state index < -0.39 is 10.7 Å². The maximum absolute atomic E-state index is 11.4. The van der Waals surface area contributed by atoms with Crippen LogP contribution in [0.2, 0.25) is 0 Å². The van der Waals surface area contributed by atoms with E-state index in [-0.39, 0.29) is 22.8 Å². The summed E-state index contributed by atoms with van der Waals surface area (Å²) in [5.41, 5.74) is 5.63. The fourth-order valence-corrected chi connectivity index (χ4v) is 1.44. The number of carbonyl (C=O) groups excluding carboxylic acids is 1. The molecule has 0 aliphatic heterocycles. The van der Waals surface area contributed by atoms with Crippen LogP contribution in [-0.2, 0) is 0 Å². The molecule has 0 amide bonds. The molecule has 0 atom stereocenters. The molecule has 0 spiro atoms. The number of hydrogen-bond acceptors (Lipinski definition) is 4. The summed E-state index contributed by atoms with van der Waals surface area (Å²) in [5.74, 6) is -0.862. The van der Waals surface area contributed by atoms with Gasteiger partial charge in [-0.2, -0.15) is 0 Å². The van der Waals surface area contributed by atoms with Crippen molar-refractivity contribution in [3.05, 3.63) is 33.4 Å². The molecule has 5 nitrogen and oxygen atoms in total. The Morgan fingerprint density at radius 3 is 2.67 bits per heavy atom. The summed E-state index contributed by atoms with van der Waals surface area (Å²) in [6, 6.07) is 2.96. The average molecular weight is 229 g/mol. The number of nitrogens with zero attached hydrogens (tertiary/aromatic N) is 1. The van der Waals surface area contributed by atoms with Crippen LogP contribution in [0.25, 0.3) is 0 Å². The average Bonchev–Trinajstić information content (AvgIpc) is 2.19. The van der Waals surface area contributed by atoms with Gasteiger partial charge in [0.25, 0.3) is 5.69 Å². The van der Waals surface area contributed by atoms with Crippen molar-refractivity contribution in [2.45, 2.75) is 6.92 Å². The summed E-state index contributed by atoms with van der Waals surface area (Å²) in [6.07, 6.45) is 0. The minimum absolute atomic E-state index is 0.0814. The molecular weight excluding hydrogens is 220 g/mol. The second-order valence-electron chi connectivity index (χ2n) is 3.01. The minimum Gasteiger partial charge on any atom is -0.398 e. The second kappa shape index (κ2) is 4.27. The summed E-state index contributed by atoms with van der Waals surface area (Å²) in [6.45, 7) is 1.54. The first kappa shape index (κ1) is 11.5. The predicted molar refractivity (Wildman–Crippen MR) is 57.3 cm³/mol. The molecule has 0 radical (unpaired) electrons. The molecule has 0 fully saturated rings. The van der Waals surface area contributed by atoms with E-state index in [0.717, 1.165) is 0 Å². The lowest BCUT2D eigenvalue weighted by Gasteiger charge is -2.05. The van der Waals surface area contributed by atoms with E-state index in [1.165, 1.54) is 12.1 Å². The van der Waals surface area contributed by atoms with E-state index in [1.54, 1.807) is 6.92 Å². The Kier molecular flexibility index (Phi) is 3.26. The number of nitrogens with two attached hydrogens (primary N) is 1. The summed E-state index contributed by atoms with van der Waals surface area (Å²) in [4.78, 5) is 21.5. The Morgan fingerprint density at radius 1 is 1.60 bits per heavy atom. The number of nitro benzene ring substituents is 1. The van der Waals surface area contributed by atoms with Crippen LogP contribution < -0.4 is 5.73 Å². The number of halogens is 1. The first-order valence-corrected chi connectivity index (χ1v) is 4.65. The van der Waals surface area contributed by atoms with Crippen molar-refractivity contribution >= 4 is 28.8 Å². The summed E-state index contributed by atoms with van der Waals surface area (Å²) in [5, 5.41) is 10.8. The number of ketones is 1. The number of Topliss-reactive ketones (excluding diaryl/α,β-unsaturated/α-hetero) is 1. The Labute approximate surface area is 91.0 Å². The molecule has 0 bridgehead atoms. The van der Waals surface area contributed by atoms with Crippen LogP contribution in [0, 0.1) is 17.0 Å².